The van der Waals surface area contributed by atoms with E-state index in [-0.39, 0.29) is 47.0 Å². The van der Waals surface area contributed by atoms with Crippen molar-refractivity contribution in [1.29, 1.82) is 0 Å². The predicted molar refractivity (Wildman–Crippen MR) is 56.5 cm³/mol. The van der Waals surface area contributed by atoms with E-state index in [2.05, 4.69) is 24.3 Å². The van der Waals surface area contributed by atoms with Crippen molar-refractivity contribution in [1.82, 2.24) is 0 Å². The van der Waals surface area contributed by atoms with E-state index >= 15 is 0 Å². The van der Waals surface area contributed by atoms with Gasteiger partial charge in [0.1, 0.15) is 0 Å². The fourth-order valence-corrected chi connectivity index (χ4v) is 1.19. The van der Waals surface area contributed by atoms with Crippen molar-refractivity contribution in [2.45, 2.75) is 0 Å². The minimum absolute atomic E-state index is 0. The number of hydrogen-bond donors (Lipinski definition) is 0. The fraction of sp³-hybridized carbons (Fsp3) is 0. The van der Waals surface area contributed by atoms with Crippen LogP contribution in [0.3, 0.4) is 0 Å². The molecule has 2 aromatic carbocycles. The summed E-state index contributed by atoms with van der Waals surface area (Å²) < 4.78 is 0. The minimum atomic E-state index is 0. The van der Waals surface area contributed by atoms with Crippen molar-refractivity contribution in [3.63, 3.8) is 0 Å². The summed E-state index contributed by atoms with van der Waals surface area (Å²) in [5.41, 5.74) is 2.37. The standard InChI is InChI=1S/C12H9.HI.Mg/c1-3-7-11(8-4-1)12-9-5-2-6-10-12;;/h1-9H;1H;/q-1;;+2/p-1. The van der Waals surface area contributed by atoms with Crippen molar-refractivity contribution < 1.29 is 24.0 Å². The van der Waals surface area contributed by atoms with E-state index in [1.54, 1.807) is 0 Å². The topological polar surface area (TPSA) is 0 Å². The third-order valence-corrected chi connectivity index (χ3v) is 1.79. The maximum absolute atomic E-state index is 3.18. The Morgan fingerprint density at radius 3 is 2.00 bits per heavy atom. The van der Waals surface area contributed by atoms with Gasteiger partial charge in [-0.3, -0.25) is 0 Å². The molecule has 0 amide bonds. The van der Waals surface area contributed by atoms with E-state index in [1.807, 2.05) is 36.4 Å². The van der Waals surface area contributed by atoms with Crippen LogP contribution in [0.4, 0.5) is 0 Å². The first-order valence-electron chi connectivity index (χ1n) is 3.99. The summed E-state index contributed by atoms with van der Waals surface area (Å²) in [7, 11) is 0. The smallest absolute Gasteiger partial charge is 1.00 e. The maximum atomic E-state index is 3.18. The van der Waals surface area contributed by atoms with Crippen LogP contribution >= 0.6 is 0 Å². The molecule has 0 heterocycles. The third kappa shape index (κ3) is 3.59. The van der Waals surface area contributed by atoms with Gasteiger partial charge in [0.2, 0.25) is 0 Å². The molecular weight excluding hydrogens is 295 g/mol. The molecule has 2 rings (SSSR count). The normalized spacial score (nSPS) is 8.29. The molecule has 2 heteroatoms. The predicted octanol–water partition coefficient (Wildman–Crippen LogP) is -0.223. The Kier molecular flexibility index (Phi) is 7.22. The van der Waals surface area contributed by atoms with Gasteiger partial charge in [-0.15, -0.1) is 35.9 Å². The number of benzene rings is 2. The van der Waals surface area contributed by atoms with Gasteiger partial charge in [-0.05, 0) is 0 Å². The Bertz CT molecular complexity index is 308. The summed E-state index contributed by atoms with van der Waals surface area (Å²) in [4.78, 5) is 0. The Balaban J connectivity index is 0.000000845. The average molecular weight is 304 g/mol. The third-order valence-electron chi connectivity index (χ3n) is 1.79. The monoisotopic (exact) mass is 304 g/mol. The van der Waals surface area contributed by atoms with Crippen LogP contribution in [0.1, 0.15) is 0 Å². The molecule has 14 heavy (non-hydrogen) atoms. The van der Waals surface area contributed by atoms with Gasteiger partial charge in [-0.1, -0.05) is 35.9 Å². The van der Waals surface area contributed by atoms with Gasteiger partial charge in [-0.25, -0.2) is 0 Å². The van der Waals surface area contributed by atoms with Crippen molar-refractivity contribution in [3.8, 4) is 11.1 Å². The molecule has 0 spiro atoms. The van der Waals surface area contributed by atoms with Crippen molar-refractivity contribution in [2.24, 2.45) is 0 Å². The molecule has 0 unspecified atom stereocenters. The summed E-state index contributed by atoms with van der Waals surface area (Å²) in [6.07, 6.45) is 0. The summed E-state index contributed by atoms with van der Waals surface area (Å²) >= 11 is 0. The van der Waals surface area contributed by atoms with Crippen LogP contribution in [0.15, 0.2) is 54.6 Å². The van der Waals surface area contributed by atoms with Crippen LogP contribution in [0.2, 0.25) is 0 Å². The Hall–Kier alpha value is -0.0638. The first-order chi connectivity index (χ1) is 5.97. The van der Waals surface area contributed by atoms with Gasteiger partial charge in [-0.2, -0.15) is 0 Å². The Labute approximate surface area is 118 Å². The molecule has 0 saturated heterocycles. The SMILES string of the molecule is [I-].[Mg+2].[c-]1ccccc1-c1ccccc1. The van der Waals surface area contributed by atoms with Crippen LogP contribution in [-0.4, -0.2) is 23.1 Å². The molecule has 0 aromatic heterocycles. The Morgan fingerprint density at radius 2 is 1.43 bits per heavy atom. The molecule has 0 aliphatic heterocycles. The van der Waals surface area contributed by atoms with Gasteiger partial charge in [0.05, 0.1) is 0 Å². The first kappa shape index (κ1) is 13.9. The van der Waals surface area contributed by atoms with Gasteiger partial charge in [0.25, 0.3) is 0 Å². The molecule has 66 valence electrons. The van der Waals surface area contributed by atoms with Crippen molar-refractivity contribution in [2.75, 3.05) is 0 Å². The summed E-state index contributed by atoms with van der Waals surface area (Å²) in [6, 6.07) is 21.5. The van der Waals surface area contributed by atoms with E-state index < -0.39 is 0 Å². The zero-order valence-electron chi connectivity index (χ0n) is 7.78. The molecule has 2 aromatic rings. The maximum Gasteiger partial charge on any atom is 2.00 e. The summed E-state index contributed by atoms with van der Waals surface area (Å²) in [5.74, 6) is 0. The second-order valence-electron chi connectivity index (χ2n) is 2.64. The van der Waals surface area contributed by atoms with E-state index in [0.717, 1.165) is 5.56 Å². The molecule has 0 bridgehead atoms. The van der Waals surface area contributed by atoms with Gasteiger partial charge >= 0.3 is 23.1 Å². The second-order valence-corrected chi connectivity index (χ2v) is 2.64. The summed E-state index contributed by atoms with van der Waals surface area (Å²) in [6.45, 7) is 0. The van der Waals surface area contributed by atoms with E-state index in [1.165, 1.54) is 5.56 Å². The van der Waals surface area contributed by atoms with Crippen LogP contribution in [-0.2, 0) is 0 Å². The van der Waals surface area contributed by atoms with E-state index in [0.29, 0.717) is 0 Å². The molecule has 0 aliphatic carbocycles. The average Bonchev–Trinajstić information content (AvgIpc) is 2.21. The molecular formula is C12H9IMg. The minimum Gasteiger partial charge on any atom is -1.00 e. The molecule has 0 radical (unpaired) electrons. The van der Waals surface area contributed by atoms with Crippen LogP contribution in [0.5, 0.6) is 0 Å². The van der Waals surface area contributed by atoms with Crippen LogP contribution in [0, 0.1) is 6.07 Å². The van der Waals surface area contributed by atoms with Gasteiger partial charge in [0, 0.05) is 0 Å². The molecule has 0 atom stereocenters. The largest absolute Gasteiger partial charge is 2.00 e. The van der Waals surface area contributed by atoms with Gasteiger partial charge in [0.15, 0.2) is 0 Å². The zero-order valence-corrected chi connectivity index (χ0v) is 11.4. The molecule has 0 nitrogen and oxygen atoms in total. The zero-order chi connectivity index (χ0) is 8.23. The van der Waals surface area contributed by atoms with Crippen molar-refractivity contribution in [3.05, 3.63) is 60.7 Å². The summed E-state index contributed by atoms with van der Waals surface area (Å²) in [5, 5.41) is 0. The Morgan fingerprint density at radius 1 is 0.786 bits per heavy atom. The van der Waals surface area contributed by atoms with Crippen molar-refractivity contribution >= 4 is 23.1 Å². The van der Waals surface area contributed by atoms with Gasteiger partial charge < -0.3 is 24.0 Å². The quantitative estimate of drug-likeness (QED) is 0.388. The second kappa shape index (κ2) is 7.26. The van der Waals surface area contributed by atoms with Crippen LogP contribution in [0.25, 0.3) is 11.1 Å². The first-order valence-corrected chi connectivity index (χ1v) is 3.99. The molecule has 0 aliphatic rings. The van der Waals surface area contributed by atoms with Crippen LogP contribution < -0.4 is 24.0 Å². The molecule has 0 fully saturated rings. The molecule has 0 N–H and O–H groups in total. The number of halogens is 1. The fourth-order valence-electron chi connectivity index (χ4n) is 1.19. The molecule has 0 saturated carbocycles. The number of rotatable bonds is 1. The van der Waals surface area contributed by atoms with E-state index in [9.17, 15) is 0 Å². The number of hydrogen-bond acceptors (Lipinski definition) is 0. The van der Waals surface area contributed by atoms with E-state index in [4.69, 9.17) is 0 Å².